The summed E-state index contributed by atoms with van der Waals surface area (Å²) in [7, 11) is 0. The third kappa shape index (κ3) is 3.18. The number of hydrogen-bond donors (Lipinski definition) is 0. The van der Waals surface area contributed by atoms with Crippen LogP contribution in [0.5, 0.6) is 0 Å². The molecule has 7 heteroatoms. The molecule has 0 radical (unpaired) electrons. The van der Waals surface area contributed by atoms with E-state index in [0.29, 0.717) is 17.8 Å². The molecule has 4 aromatic rings. The molecule has 28 heavy (non-hydrogen) atoms. The number of pyridine rings is 1. The second kappa shape index (κ2) is 7.16. The number of hydrogen-bond acceptors (Lipinski definition) is 6. The fourth-order valence-electron chi connectivity index (χ4n) is 3.80. The first-order chi connectivity index (χ1) is 13.8. The minimum absolute atomic E-state index is 0.482. The highest BCUT2D eigenvalue weighted by Crippen LogP contribution is 2.24. The number of likely N-dealkylation sites (tertiary alicyclic amines) is 1. The van der Waals surface area contributed by atoms with Gasteiger partial charge in [-0.1, -0.05) is 41.9 Å². The fourth-order valence-corrected chi connectivity index (χ4v) is 3.80. The van der Waals surface area contributed by atoms with Crippen molar-refractivity contribution < 1.29 is 4.52 Å². The Kier molecular flexibility index (Phi) is 4.37. The maximum absolute atomic E-state index is 5.47. The first kappa shape index (κ1) is 17.1. The highest BCUT2D eigenvalue weighted by Gasteiger charge is 2.20. The molecule has 4 heterocycles. The van der Waals surface area contributed by atoms with Crippen LogP contribution in [-0.4, -0.2) is 42.2 Å². The lowest BCUT2D eigenvalue weighted by Gasteiger charge is -2.32. The lowest BCUT2D eigenvalue weighted by atomic mass is 10.0. The second-order valence-corrected chi connectivity index (χ2v) is 7.36. The quantitative estimate of drug-likeness (QED) is 0.541. The van der Waals surface area contributed by atoms with Crippen LogP contribution in [0.3, 0.4) is 0 Å². The molecule has 1 aliphatic rings. The van der Waals surface area contributed by atoms with E-state index < -0.39 is 0 Å². The first-order valence-corrected chi connectivity index (χ1v) is 9.75. The summed E-state index contributed by atoms with van der Waals surface area (Å²) in [6, 6.07) is 14.3. The molecule has 1 fully saturated rings. The topological polar surface area (TPSA) is 72.3 Å². The summed E-state index contributed by atoms with van der Waals surface area (Å²) in [6.45, 7) is 4.24. The van der Waals surface area contributed by atoms with Gasteiger partial charge in [-0.05, 0) is 38.4 Å². The van der Waals surface area contributed by atoms with Crippen molar-refractivity contribution in [1.82, 2.24) is 29.6 Å². The second-order valence-electron chi connectivity index (χ2n) is 7.36. The standard InChI is InChI=1S/C21H22N6O/c1-15-7-5-6-11-26(15)14-19-24-23-18-13-17(10-12-27(18)19)21-22-20(25-28-21)16-8-3-2-4-9-16/h2-4,8-10,12-13,15H,5-7,11,14H2,1H3. The summed E-state index contributed by atoms with van der Waals surface area (Å²) in [5.74, 6) is 2.03. The van der Waals surface area contributed by atoms with Crippen LogP contribution in [0.4, 0.5) is 0 Å². The number of benzene rings is 1. The predicted octanol–water partition coefficient (Wildman–Crippen LogP) is 3.82. The van der Waals surface area contributed by atoms with Crippen molar-refractivity contribution in [2.45, 2.75) is 38.8 Å². The Morgan fingerprint density at radius 1 is 1.07 bits per heavy atom. The lowest BCUT2D eigenvalue weighted by molar-refractivity contribution is 0.148. The summed E-state index contributed by atoms with van der Waals surface area (Å²) in [4.78, 5) is 7.01. The van der Waals surface area contributed by atoms with Crippen molar-refractivity contribution in [1.29, 1.82) is 0 Å². The van der Waals surface area contributed by atoms with Crippen molar-refractivity contribution in [3.63, 3.8) is 0 Å². The predicted molar refractivity (Wildman–Crippen MR) is 105 cm³/mol. The maximum Gasteiger partial charge on any atom is 0.258 e. The van der Waals surface area contributed by atoms with Crippen LogP contribution in [0, 0.1) is 0 Å². The van der Waals surface area contributed by atoms with Gasteiger partial charge < -0.3 is 4.52 Å². The summed E-state index contributed by atoms with van der Waals surface area (Å²) < 4.78 is 7.51. The fraction of sp³-hybridized carbons (Fsp3) is 0.333. The van der Waals surface area contributed by atoms with Crippen LogP contribution in [0.2, 0.25) is 0 Å². The number of aromatic nitrogens is 5. The smallest absolute Gasteiger partial charge is 0.258 e. The SMILES string of the molecule is CC1CCCCN1Cc1nnc2cc(-c3nc(-c4ccccc4)no3)ccn12. The third-order valence-electron chi connectivity index (χ3n) is 5.47. The number of nitrogens with zero attached hydrogens (tertiary/aromatic N) is 6. The highest BCUT2D eigenvalue weighted by atomic mass is 16.5. The summed E-state index contributed by atoms with van der Waals surface area (Å²) in [5, 5.41) is 12.9. The van der Waals surface area contributed by atoms with Crippen molar-refractivity contribution in [3.05, 3.63) is 54.5 Å². The number of fused-ring (bicyclic) bond motifs is 1. The monoisotopic (exact) mass is 374 g/mol. The van der Waals surface area contributed by atoms with E-state index in [1.807, 2.05) is 53.1 Å². The summed E-state index contributed by atoms with van der Waals surface area (Å²) in [5.41, 5.74) is 2.56. The Bertz CT molecular complexity index is 1090. The van der Waals surface area contributed by atoms with E-state index in [-0.39, 0.29) is 0 Å². The van der Waals surface area contributed by atoms with E-state index in [0.717, 1.165) is 35.7 Å². The van der Waals surface area contributed by atoms with Gasteiger partial charge in [-0.2, -0.15) is 4.98 Å². The molecule has 1 aromatic carbocycles. The molecule has 142 valence electrons. The van der Waals surface area contributed by atoms with Gasteiger partial charge in [0, 0.05) is 23.4 Å². The van der Waals surface area contributed by atoms with Crippen LogP contribution < -0.4 is 0 Å². The normalized spacial score (nSPS) is 18.0. The molecule has 0 aliphatic carbocycles. The molecule has 0 amide bonds. The molecule has 3 aromatic heterocycles. The van der Waals surface area contributed by atoms with E-state index in [2.05, 4.69) is 32.2 Å². The summed E-state index contributed by atoms with van der Waals surface area (Å²) >= 11 is 0. The molecule has 1 saturated heterocycles. The van der Waals surface area contributed by atoms with E-state index in [4.69, 9.17) is 4.52 Å². The van der Waals surface area contributed by atoms with Crippen LogP contribution in [0.15, 0.2) is 53.2 Å². The van der Waals surface area contributed by atoms with Gasteiger partial charge in [0.15, 0.2) is 11.5 Å². The van der Waals surface area contributed by atoms with E-state index in [1.54, 1.807) is 0 Å². The van der Waals surface area contributed by atoms with Gasteiger partial charge in [-0.3, -0.25) is 9.30 Å². The van der Waals surface area contributed by atoms with Gasteiger partial charge in [0.05, 0.1) is 6.54 Å². The van der Waals surface area contributed by atoms with Gasteiger partial charge in [-0.25, -0.2) is 0 Å². The number of piperidine rings is 1. The Labute approximate surface area is 163 Å². The molecular formula is C21H22N6O. The molecule has 0 bridgehead atoms. The molecule has 0 saturated carbocycles. The minimum Gasteiger partial charge on any atom is -0.334 e. The molecular weight excluding hydrogens is 352 g/mol. The van der Waals surface area contributed by atoms with E-state index in [1.165, 1.54) is 19.3 Å². The van der Waals surface area contributed by atoms with Crippen LogP contribution >= 0.6 is 0 Å². The first-order valence-electron chi connectivity index (χ1n) is 9.75. The molecule has 0 spiro atoms. The zero-order valence-corrected chi connectivity index (χ0v) is 15.8. The van der Waals surface area contributed by atoms with Gasteiger partial charge in [0.2, 0.25) is 5.82 Å². The van der Waals surface area contributed by atoms with E-state index >= 15 is 0 Å². The van der Waals surface area contributed by atoms with Gasteiger partial charge >= 0.3 is 0 Å². The average Bonchev–Trinajstić information content (AvgIpc) is 3.38. The lowest BCUT2D eigenvalue weighted by Crippen LogP contribution is -2.37. The maximum atomic E-state index is 5.47. The molecule has 1 aliphatic heterocycles. The molecule has 0 N–H and O–H groups in total. The van der Waals surface area contributed by atoms with Crippen molar-refractivity contribution in [2.75, 3.05) is 6.54 Å². The summed E-state index contributed by atoms with van der Waals surface area (Å²) in [6.07, 6.45) is 5.81. The third-order valence-corrected chi connectivity index (χ3v) is 5.47. The Morgan fingerprint density at radius 2 is 1.96 bits per heavy atom. The average molecular weight is 374 g/mol. The zero-order valence-electron chi connectivity index (χ0n) is 15.8. The van der Waals surface area contributed by atoms with Gasteiger partial charge in [-0.15, -0.1) is 10.2 Å². The zero-order chi connectivity index (χ0) is 18.9. The van der Waals surface area contributed by atoms with E-state index in [9.17, 15) is 0 Å². The largest absolute Gasteiger partial charge is 0.334 e. The Hall–Kier alpha value is -3.06. The van der Waals surface area contributed by atoms with Crippen LogP contribution in [-0.2, 0) is 6.54 Å². The molecule has 1 atom stereocenters. The van der Waals surface area contributed by atoms with Gasteiger partial charge in [0.1, 0.15) is 0 Å². The molecule has 1 unspecified atom stereocenters. The van der Waals surface area contributed by atoms with Crippen molar-refractivity contribution in [3.8, 4) is 22.8 Å². The Morgan fingerprint density at radius 3 is 2.82 bits per heavy atom. The van der Waals surface area contributed by atoms with Crippen molar-refractivity contribution in [2.24, 2.45) is 0 Å². The highest BCUT2D eigenvalue weighted by molar-refractivity contribution is 5.62. The van der Waals surface area contributed by atoms with Crippen LogP contribution in [0.1, 0.15) is 32.0 Å². The number of rotatable bonds is 4. The van der Waals surface area contributed by atoms with Gasteiger partial charge in [0.25, 0.3) is 5.89 Å². The Balaban J connectivity index is 1.41. The minimum atomic E-state index is 0.482. The molecule has 5 rings (SSSR count). The van der Waals surface area contributed by atoms with Crippen molar-refractivity contribution >= 4 is 5.65 Å². The molecule has 7 nitrogen and oxygen atoms in total. The van der Waals surface area contributed by atoms with Crippen LogP contribution in [0.25, 0.3) is 28.5 Å².